The number of aliphatic hydroxyl groups is 1. The number of hydrogen-bond donors (Lipinski definition) is 1. The van der Waals surface area contributed by atoms with Crippen LogP contribution in [-0.4, -0.2) is 60.5 Å². The molecule has 0 saturated carbocycles. The maximum absolute atomic E-state index is 14.2. The van der Waals surface area contributed by atoms with Crippen molar-refractivity contribution in [2.75, 3.05) is 31.7 Å². The molecule has 2 amide bonds. The summed E-state index contributed by atoms with van der Waals surface area (Å²) < 4.78 is 10.9. The average molecular weight is 489 g/mol. The third-order valence-corrected chi connectivity index (χ3v) is 7.02. The second-order valence-electron chi connectivity index (χ2n) is 9.24. The fraction of sp³-hybridized carbons (Fsp3) is 0.321. The van der Waals surface area contributed by atoms with Gasteiger partial charge in [-0.1, -0.05) is 24.3 Å². The summed E-state index contributed by atoms with van der Waals surface area (Å²) in [6, 6.07) is 12.2. The third kappa shape index (κ3) is 3.28. The van der Waals surface area contributed by atoms with E-state index in [2.05, 4.69) is 6.58 Å². The van der Waals surface area contributed by atoms with Crippen molar-refractivity contribution in [2.24, 2.45) is 0 Å². The van der Waals surface area contributed by atoms with Gasteiger partial charge in [-0.15, -0.1) is 6.58 Å². The molecule has 0 radical (unpaired) electrons. The van der Waals surface area contributed by atoms with E-state index < -0.39 is 23.1 Å². The first-order valence-corrected chi connectivity index (χ1v) is 12.0. The van der Waals surface area contributed by atoms with Crippen molar-refractivity contribution in [1.29, 1.82) is 0 Å². The molecule has 186 valence electrons. The highest BCUT2D eigenvalue weighted by atomic mass is 16.5. The van der Waals surface area contributed by atoms with E-state index in [0.29, 0.717) is 42.0 Å². The topological polar surface area (TPSA) is 96.4 Å². The van der Waals surface area contributed by atoms with Crippen LogP contribution in [0.2, 0.25) is 0 Å². The second kappa shape index (κ2) is 8.95. The minimum absolute atomic E-state index is 0.00176. The zero-order valence-corrected chi connectivity index (χ0v) is 20.3. The maximum Gasteiger partial charge on any atom is 0.296 e. The van der Waals surface area contributed by atoms with Crippen molar-refractivity contribution in [3.05, 3.63) is 77.4 Å². The molecular formula is C28H28N2O6. The molecule has 2 aromatic carbocycles. The Kier molecular flexibility index (Phi) is 5.92. The Labute approximate surface area is 209 Å². The molecule has 3 aliphatic rings. The number of hydrogen-bond acceptors (Lipinski definition) is 6. The largest absolute Gasteiger partial charge is 0.507 e. The number of methoxy groups -OCH3 is 1. The van der Waals surface area contributed by atoms with Gasteiger partial charge in [-0.3, -0.25) is 14.4 Å². The Morgan fingerprint density at radius 2 is 2.03 bits per heavy atom. The molecule has 0 unspecified atom stereocenters. The van der Waals surface area contributed by atoms with Crippen molar-refractivity contribution in [3.63, 3.8) is 0 Å². The number of anilines is 1. The third-order valence-electron chi connectivity index (χ3n) is 7.02. The van der Waals surface area contributed by atoms with Crippen LogP contribution in [-0.2, 0) is 31.1 Å². The van der Waals surface area contributed by atoms with Gasteiger partial charge in [0.05, 0.1) is 11.3 Å². The molecule has 1 N–H and O–H groups in total. The molecule has 8 heteroatoms. The Morgan fingerprint density at radius 3 is 2.78 bits per heavy atom. The van der Waals surface area contributed by atoms with E-state index in [4.69, 9.17) is 9.47 Å². The van der Waals surface area contributed by atoms with E-state index in [0.717, 1.165) is 5.56 Å². The van der Waals surface area contributed by atoms with E-state index in [1.807, 2.05) is 6.92 Å². The first-order valence-electron chi connectivity index (χ1n) is 12.0. The molecule has 36 heavy (non-hydrogen) atoms. The molecule has 0 aromatic heterocycles. The lowest BCUT2D eigenvalue weighted by molar-refractivity contribution is -0.143. The average Bonchev–Trinajstić information content (AvgIpc) is 3.44. The fourth-order valence-corrected chi connectivity index (χ4v) is 5.56. The van der Waals surface area contributed by atoms with Gasteiger partial charge in [0, 0.05) is 44.4 Å². The molecule has 5 rings (SSSR count). The highest BCUT2D eigenvalue weighted by molar-refractivity contribution is 6.50. The number of nitrogens with zero attached hydrogens (tertiary/aromatic N) is 2. The molecular weight excluding hydrogens is 460 g/mol. The van der Waals surface area contributed by atoms with Crippen LogP contribution in [0.4, 0.5) is 5.69 Å². The van der Waals surface area contributed by atoms with Crippen LogP contribution in [0.15, 0.2) is 60.7 Å². The lowest BCUT2D eigenvalue weighted by Gasteiger charge is -2.34. The first-order chi connectivity index (χ1) is 17.4. The molecule has 3 aliphatic heterocycles. The smallest absolute Gasteiger partial charge is 0.296 e. The minimum atomic E-state index is -1.78. The number of fused-ring (bicyclic) bond motifs is 3. The van der Waals surface area contributed by atoms with Gasteiger partial charge >= 0.3 is 0 Å². The zero-order valence-electron chi connectivity index (χ0n) is 20.3. The first kappa shape index (κ1) is 23.8. The van der Waals surface area contributed by atoms with Gasteiger partial charge in [0.1, 0.15) is 17.6 Å². The van der Waals surface area contributed by atoms with Gasteiger partial charge in [-0.05, 0) is 43.2 Å². The summed E-state index contributed by atoms with van der Waals surface area (Å²) >= 11 is 0. The molecule has 0 aliphatic carbocycles. The van der Waals surface area contributed by atoms with Gasteiger partial charge in [0.2, 0.25) is 0 Å². The number of Topliss-reactive ketones (excluding diaryl/α,β-unsaturated/α-hetero) is 1. The number of ketones is 1. The number of carbonyl (C=O) groups excluding carboxylic acids is 3. The summed E-state index contributed by atoms with van der Waals surface area (Å²) in [6.07, 6.45) is 2.66. The zero-order chi connectivity index (χ0) is 25.6. The molecule has 2 aromatic rings. The Bertz CT molecular complexity index is 1310. The second-order valence-corrected chi connectivity index (χ2v) is 9.24. The number of carbonyl (C=O) groups is 3. The fourth-order valence-electron chi connectivity index (χ4n) is 5.56. The lowest BCUT2D eigenvalue weighted by Crippen LogP contribution is -2.52. The summed E-state index contributed by atoms with van der Waals surface area (Å²) in [4.78, 5) is 44.0. The van der Waals surface area contributed by atoms with E-state index in [1.54, 1.807) is 55.7 Å². The number of rotatable bonds is 7. The standard InChI is InChI=1S/C28H28N2O6/c1-4-12-29-21-9-6-5-8-20(21)28(27(29)34)23(25(32)26(33)30(28)13-7-14-35-3)24(31)18-10-11-22-19(16-18)15-17(2)36-22/h4-6,8-11,16-17,31H,1,7,12-15H2,2-3H3/t17-,28+/m0/s1. The number of aliphatic hydroxyl groups excluding tert-OH is 1. The van der Waals surface area contributed by atoms with Gasteiger partial charge in [-0.25, -0.2) is 0 Å². The van der Waals surface area contributed by atoms with Gasteiger partial charge in [-0.2, -0.15) is 0 Å². The summed E-state index contributed by atoms with van der Waals surface area (Å²) in [5.41, 5.74) is 0.292. The summed E-state index contributed by atoms with van der Waals surface area (Å²) in [5.74, 6) is -1.85. The van der Waals surface area contributed by atoms with E-state index in [1.165, 1.54) is 9.80 Å². The van der Waals surface area contributed by atoms with Gasteiger partial charge < -0.3 is 24.4 Å². The summed E-state index contributed by atoms with van der Waals surface area (Å²) in [7, 11) is 1.55. The SMILES string of the molecule is C=CCN1C(=O)[C@]2(C(=C(O)c3ccc4c(c3)C[C@H](C)O4)C(=O)C(=O)N2CCCOC)c2ccccc21. The molecule has 3 heterocycles. The van der Waals surface area contributed by atoms with E-state index in [9.17, 15) is 19.5 Å². The molecule has 8 nitrogen and oxygen atoms in total. The van der Waals surface area contributed by atoms with Crippen LogP contribution in [0.1, 0.15) is 30.0 Å². The number of likely N-dealkylation sites (tertiary alicyclic amines) is 1. The van der Waals surface area contributed by atoms with Crippen molar-refractivity contribution in [3.8, 4) is 5.75 Å². The van der Waals surface area contributed by atoms with Crippen LogP contribution >= 0.6 is 0 Å². The van der Waals surface area contributed by atoms with E-state index in [-0.39, 0.29) is 30.5 Å². The van der Waals surface area contributed by atoms with Crippen molar-refractivity contribution < 1.29 is 29.0 Å². The monoisotopic (exact) mass is 488 g/mol. The maximum atomic E-state index is 14.2. The van der Waals surface area contributed by atoms with Crippen LogP contribution in [0, 0.1) is 0 Å². The molecule has 1 fully saturated rings. The van der Waals surface area contributed by atoms with Crippen LogP contribution in [0.3, 0.4) is 0 Å². The molecule has 0 bridgehead atoms. The normalized spacial score (nSPS) is 23.8. The van der Waals surface area contributed by atoms with Crippen LogP contribution in [0.25, 0.3) is 5.76 Å². The number of para-hydroxylation sites is 1. The number of ether oxygens (including phenoxy) is 2. The van der Waals surface area contributed by atoms with Crippen molar-refractivity contribution in [2.45, 2.75) is 31.4 Å². The minimum Gasteiger partial charge on any atom is -0.507 e. The Hall–Kier alpha value is -3.91. The number of benzene rings is 2. The molecule has 1 saturated heterocycles. The van der Waals surface area contributed by atoms with Crippen LogP contribution < -0.4 is 9.64 Å². The van der Waals surface area contributed by atoms with Gasteiger partial charge in [0.25, 0.3) is 17.6 Å². The Balaban J connectivity index is 1.76. The predicted molar refractivity (Wildman–Crippen MR) is 134 cm³/mol. The van der Waals surface area contributed by atoms with E-state index >= 15 is 0 Å². The predicted octanol–water partition coefficient (Wildman–Crippen LogP) is 3.16. The summed E-state index contributed by atoms with van der Waals surface area (Å²) in [5, 5.41) is 11.6. The van der Waals surface area contributed by atoms with Crippen molar-refractivity contribution in [1.82, 2.24) is 4.90 Å². The van der Waals surface area contributed by atoms with Gasteiger partial charge in [0.15, 0.2) is 5.54 Å². The highest BCUT2D eigenvalue weighted by Crippen LogP contribution is 2.53. The Morgan fingerprint density at radius 1 is 1.25 bits per heavy atom. The lowest BCUT2D eigenvalue weighted by atomic mass is 9.81. The molecule has 2 atom stereocenters. The quantitative estimate of drug-likeness (QED) is 0.212. The highest BCUT2D eigenvalue weighted by Gasteiger charge is 2.66. The van der Waals surface area contributed by atoms with Crippen LogP contribution in [0.5, 0.6) is 5.75 Å². The number of amides is 2. The van der Waals surface area contributed by atoms with Crippen molar-refractivity contribution >= 4 is 29.0 Å². The summed E-state index contributed by atoms with van der Waals surface area (Å²) in [6.45, 7) is 6.35. The molecule has 1 spiro atoms.